The summed E-state index contributed by atoms with van der Waals surface area (Å²) < 4.78 is 5.83. The molecular weight excluding hydrogens is 490 g/mol. The Balaban J connectivity index is 2.33. The standard InChI is InChI=1S/C29H43NO6S/c1-18-9-7-8-10-20(3)27(33)22(5)28(34)29(6,35)14-13-26(32)36-24(12-11-19(18)2)21(4)15-23-17-37-25(16-31)30-23/h7-8,11,15,17-18,20,22,24,27,31,33,35H,9-10,12-14,16H2,1-6H3/b8-7-,19-11-,21-15+. The minimum atomic E-state index is -1.76. The lowest BCUT2D eigenvalue weighted by Gasteiger charge is -2.30. The lowest BCUT2D eigenvalue weighted by Crippen LogP contribution is -2.44. The zero-order chi connectivity index (χ0) is 27.8. The molecule has 1 aromatic rings. The van der Waals surface area contributed by atoms with Crippen molar-refractivity contribution >= 4 is 29.2 Å². The first-order valence-corrected chi connectivity index (χ1v) is 13.9. The summed E-state index contributed by atoms with van der Waals surface area (Å²) in [5.74, 6) is -1.62. The van der Waals surface area contributed by atoms with Crippen LogP contribution in [0.4, 0.5) is 0 Å². The fourth-order valence-corrected chi connectivity index (χ4v) is 4.98. The fourth-order valence-electron chi connectivity index (χ4n) is 4.37. The Kier molecular flexibility index (Phi) is 11.9. The van der Waals surface area contributed by atoms with E-state index in [9.17, 15) is 24.9 Å². The largest absolute Gasteiger partial charge is 0.457 e. The van der Waals surface area contributed by atoms with Gasteiger partial charge >= 0.3 is 5.97 Å². The van der Waals surface area contributed by atoms with E-state index >= 15 is 0 Å². The van der Waals surface area contributed by atoms with E-state index in [1.54, 1.807) is 6.92 Å². The van der Waals surface area contributed by atoms with Crippen molar-refractivity contribution in [3.8, 4) is 0 Å². The first-order valence-electron chi connectivity index (χ1n) is 13.0. The van der Waals surface area contributed by atoms with Gasteiger partial charge in [-0.2, -0.15) is 0 Å². The van der Waals surface area contributed by atoms with E-state index < -0.39 is 35.5 Å². The third kappa shape index (κ3) is 9.28. The van der Waals surface area contributed by atoms with Crippen LogP contribution in [0.3, 0.4) is 0 Å². The van der Waals surface area contributed by atoms with E-state index in [0.717, 1.165) is 12.0 Å². The van der Waals surface area contributed by atoms with Crippen molar-refractivity contribution in [1.29, 1.82) is 0 Å². The fraction of sp³-hybridized carbons (Fsp3) is 0.621. The normalized spacial score (nSPS) is 34.1. The van der Waals surface area contributed by atoms with Crippen LogP contribution in [0.25, 0.3) is 6.08 Å². The summed E-state index contributed by atoms with van der Waals surface area (Å²) >= 11 is 1.36. The number of nitrogens with zero attached hydrogens (tertiary/aromatic N) is 1. The molecule has 0 spiro atoms. The molecule has 6 unspecified atom stereocenters. The van der Waals surface area contributed by atoms with E-state index in [0.29, 0.717) is 23.5 Å². The highest BCUT2D eigenvalue weighted by Gasteiger charge is 2.38. The van der Waals surface area contributed by atoms with Crippen LogP contribution >= 0.6 is 11.3 Å². The van der Waals surface area contributed by atoms with Gasteiger partial charge in [0.15, 0.2) is 5.78 Å². The molecule has 0 bridgehead atoms. The number of hydrogen-bond donors (Lipinski definition) is 3. The van der Waals surface area contributed by atoms with Gasteiger partial charge in [-0.05, 0) is 63.5 Å². The maximum absolute atomic E-state index is 13.0. The van der Waals surface area contributed by atoms with Gasteiger partial charge in [0, 0.05) is 24.1 Å². The number of Topliss-reactive ketones (excluding diaryl/α,β-unsaturated/α-hetero) is 1. The maximum Gasteiger partial charge on any atom is 0.306 e. The molecule has 7 nitrogen and oxygen atoms in total. The number of esters is 1. The zero-order valence-electron chi connectivity index (χ0n) is 22.9. The van der Waals surface area contributed by atoms with Gasteiger partial charge in [0.2, 0.25) is 0 Å². The lowest BCUT2D eigenvalue weighted by molar-refractivity contribution is -0.151. The number of carbonyl (C=O) groups is 2. The highest BCUT2D eigenvalue weighted by molar-refractivity contribution is 7.09. The van der Waals surface area contributed by atoms with Crippen LogP contribution in [0.15, 0.2) is 34.8 Å². The van der Waals surface area contributed by atoms with E-state index in [1.165, 1.54) is 23.8 Å². The van der Waals surface area contributed by atoms with E-state index in [4.69, 9.17) is 4.74 Å². The Labute approximate surface area is 225 Å². The number of hydrogen-bond acceptors (Lipinski definition) is 8. The number of thiazole rings is 1. The summed E-state index contributed by atoms with van der Waals surface area (Å²) in [5.41, 5.74) is 0.930. The van der Waals surface area contributed by atoms with Gasteiger partial charge < -0.3 is 20.1 Å². The van der Waals surface area contributed by atoms with E-state index in [-0.39, 0.29) is 31.3 Å². The Bertz CT molecular complexity index is 1010. The summed E-state index contributed by atoms with van der Waals surface area (Å²) in [6.45, 7) is 10.9. The van der Waals surface area contributed by atoms with Crippen LogP contribution in [0.5, 0.6) is 0 Å². The van der Waals surface area contributed by atoms with Gasteiger partial charge in [0.05, 0.1) is 18.4 Å². The van der Waals surface area contributed by atoms with Gasteiger partial charge in [-0.3, -0.25) is 9.59 Å². The van der Waals surface area contributed by atoms with E-state index in [1.807, 2.05) is 31.4 Å². The Hall–Kier alpha value is -2.13. The molecule has 206 valence electrons. The Morgan fingerprint density at radius 1 is 1.22 bits per heavy atom. The topological polar surface area (TPSA) is 117 Å². The van der Waals surface area contributed by atoms with Crippen LogP contribution in [-0.2, 0) is 20.9 Å². The number of allylic oxidation sites excluding steroid dienone is 3. The summed E-state index contributed by atoms with van der Waals surface area (Å²) in [7, 11) is 0. The van der Waals surface area contributed by atoms with Crippen molar-refractivity contribution in [1.82, 2.24) is 4.98 Å². The summed E-state index contributed by atoms with van der Waals surface area (Å²) in [6, 6.07) is 0. The smallest absolute Gasteiger partial charge is 0.306 e. The van der Waals surface area contributed by atoms with Crippen molar-refractivity contribution in [3.05, 3.63) is 45.5 Å². The number of aliphatic hydroxyl groups is 3. The Morgan fingerprint density at radius 3 is 2.54 bits per heavy atom. The van der Waals surface area contributed by atoms with Crippen molar-refractivity contribution in [2.45, 2.75) is 98.1 Å². The van der Waals surface area contributed by atoms with Gasteiger partial charge in [-0.1, -0.05) is 44.6 Å². The minimum Gasteiger partial charge on any atom is -0.457 e. The van der Waals surface area contributed by atoms with Gasteiger partial charge in [0.1, 0.15) is 16.7 Å². The van der Waals surface area contributed by atoms with Crippen LogP contribution in [0, 0.1) is 17.8 Å². The average Bonchev–Trinajstić information content (AvgIpc) is 3.32. The molecule has 2 rings (SSSR count). The average molecular weight is 534 g/mol. The van der Waals surface area contributed by atoms with Crippen molar-refractivity contribution in [2.75, 3.05) is 0 Å². The monoisotopic (exact) mass is 533 g/mol. The second-order valence-corrected chi connectivity index (χ2v) is 11.6. The summed E-state index contributed by atoms with van der Waals surface area (Å²) in [4.78, 5) is 30.2. The molecule has 0 amide bonds. The summed E-state index contributed by atoms with van der Waals surface area (Å²) in [6.07, 6.45) is 8.36. The predicted molar refractivity (Wildman–Crippen MR) is 147 cm³/mol. The highest BCUT2D eigenvalue weighted by atomic mass is 32.1. The Morgan fingerprint density at radius 2 is 1.89 bits per heavy atom. The third-order valence-corrected chi connectivity index (χ3v) is 8.16. The van der Waals surface area contributed by atoms with Crippen molar-refractivity contribution in [2.24, 2.45) is 17.8 Å². The molecule has 2 heterocycles. The quantitative estimate of drug-likeness (QED) is 0.369. The number of aliphatic hydroxyl groups excluding tert-OH is 2. The van der Waals surface area contributed by atoms with E-state index in [2.05, 4.69) is 31.0 Å². The molecule has 3 N–H and O–H groups in total. The second kappa shape index (κ2) is 14.1. The molecule has 1 aliphatic rings. The third-order valence-electron chi connectivity index (χ3n) is 7.31. The minimum absolute atomic E-state index is 0.0939. The molecule has 1 aliphatic heterocycles. The van der Waals surface area contributed by atoms with Crippen LogP contribution in [0.2, 0.25) is 0 Å². The molecular formula is C29H43NO6S. The molecule has 0 saturated carbocycles. The molecule has 0 fully saturated rings. The van der Waals surface area contributed by atoms with Gasteiger partial charge in [-0.25, -0.2) is 4.98 Å². The SMILES string of the molecule is C/C1=C/CC(/C(C)=C/c2csc(CO)n2)OC(=O)CCC(C)(O)C(=O)C(C)C(O)C(C)C/C=C\CC1C. The maximum atomic E-state index is 13.0. The zero-order valence-corrected chi connectivity index (χ0v) is 23.8. The number of cyclic esters (lactones) is 1. The van der Waals surface area contributed by atoms with Gasteiger partial charge in [0.25, 0.3) is 0 Å². The van der Waals surface area contributed by atoms with Crippen molar-refractivity contribution < 1.29 is 29.6 Å². The molecule has 6 atom stereocenters. The number of ether oxygens (including phenoxy) is 1. The van der Waals surface area contributed by atoms with Crippen LogP contribution in [0.1, 0.15) is 84.3 Å². The first-order chi connectivity index (χ1) is 17.4. The van der Waals surface area contributed by atoms with Crippen LogP contribution in [-0.4, -0.2) is 49.9 Å². The van der Waals surface area contributed by atoms with Crippen molar-refractivity contribution in [3.63, 3.8) is 0 Å². The highest BCUT2D eigenvalue weighted by Crippen LogP contribution is 2.27. The first kappa shape index (κ1) is 31.1. The number of carbonyl (C=O) groups excluding carboxylic acids is 2. The predicted octanol–water partition coefficient (Wildman–Crippen LogP) is 5.01. The number of rotatable bonds is 3. The molecule has 0 radical (unpaired) electrons. The molecule has 0 saturated heterocycles. The molecule has 37 heavy (non-hydrogen) atoms. The van der Waals surface area contributed by atoms with Crippen LogP contribution < -0.4 is 0 Å². The molecule has 8 heteroatoms. The molecule has 0 aromatic carbocycles. The lowest BCUT2D eigenvalue weighted by atomic mass is 9.80. The summed E-state index contributed by atoms with van der Waals surface area (Å²) in [5, 5.41) is 33.3. The number of aromatic nitrogens is 1. The number of ketones is 1. The van der Waals surface area contributed by atoms with Gasteiger partial charge in [-0.15, -0.1) is 11.3 Å². The molecule has 0 aliphatic carbocycles. The molecule has 1 aromatic heterocycles. The second-order valence-electron chi connectivity index (χ2n) is 10.6.